The van der Waals surface area contributed by atoms with Gasteiger partial charge in [-0.15, -0.1) is 0 Å². The van der Waals surface area contributed by atoms with E-state index in [0.717, 1.165) is 31.8 Å². The summed E-state index contributed by atoms with van der Waals surface area (Å²) in [5.74, 6) is 0.789. The molecule has 0 saturated carbocycles. The van der Waals surface area contributed by atoms with Crippen LogP contribution in [0, 0.1) is 0 Å². The van der Waals surface area contributed by atoms with Crippen LogP contribution in [-0.4, -0.2) is 24.0 Å². The Bertz CT molecular complexity index is 404. The van der Waals surface area contributed by atoms with Gasteiger partial charge in [0.1, 0.15) is 0 Å². The van der Waals surface area contributed by atoms with E-state index in [1.54, 1.807) is 6.20 Å². The third kappa shape index (κ3) is 5.00. The summed E-state index contributed by atoms with van der Waals surface area (Å²) < 4.78 is 0. The average Bonchev–Trinajstić information content (AvgIpc) is 2.51. The molecule has 0 aromatic heterocycles. The third-order valence-electron chi connectivity index (χ3n) is 3.14. The molecule has 0 aromatic carbocycles. The Morgan fingerprint density at radius 3 is 2.75 bits per heavy atom. The molecule has 0 radical (unpaired) electrons. The summed E-state index contributed by atoms with van der Waals surface area (Å²) in [6, 6.07) is 0.314. The Labute approximate surface area is 123 Å². The normalized spacial score (nSPS) is 20.4. The summed E-state index contributed by atoms with van der Waals surface area (Å²) in [4.78, 5) is 2.41. The van der Waals surface area contributed by atoms with Crippen molar-refractivity contribution in [2.75, 3.05) is 13.1 Å². The van der Waals surface area contributed by atoms with Gasteiger partial charge in [0, 0.05) is 24.8 Å². The van der Waals surface area contributed by atoms with E-state index in [1.165, 1.54) is 5.70 Å². The van der Waals surface area contributed by atoms with E-state index in [1.807, 2.05) is 13.8 Å². The highest BCUT2D eigenvalue weighted by atomic mass is 15.1. The summed E-state index contributed by atoms with van der Waals surface area (Å²) in [6.45, 7) is 13.6. The van der Waals surface area contributed by atoms with Crippen LogP contribution in [0.5, 0.6) is 0 Å². The van der Waals surface area contributed by atoms with Crippen molar-refractivity contribution in [1.29, 1.82) is 0 Å². The zero-order valence-corrected chi connectivity index (χ0v) is 12.7. The minimum absolute atomic E-state index is 0.314. The fourth-order valence-electron chi connectivity index (χ4n) is 2.22. The van der Waals surface area contributed by atoms with Gasteiger partial charge in [-0.2, -0.15) is 0 Å². The highest BCUT2D eigenvalue weighted by Gasteiger charge is 2.13. The van der Waals surface area contributed by atoms with Crippen molar-refractivity contribution >= 4 is 0 Å². The molecule has 1 atom stereocenters. The molecule has 0 amide bonds. The monoisotopic (exact) mass is 273 g/mol. The molecule has 0 aromatic rings. The fraction of sp³-hybridized carbons (Fsp3) is 0.412. The number of allylic oxidation sites excluding steroid dienone is 1. The molecule has 0 fully saturated rings. The van der Waals surface area contributed by atoms with Gasteiger partial charge in [0.25, 0.3) is 0 Å². The van der Waals surface area contributed by atoms with Crippen LogP contribution in [0.3, 0.4) is 0 Å². The molecule has 1 aliphatic carbocycles. The molecule has 2 rings (SSSR count). The molecule has 0 saturated heterocycles. The van der Waals surface area contributed by atoms with Gasteiger partial charge in [-0.25, -0.2) is 0 Å². The minimum Gasteiger partial charge on any atom is -0.368 e. The second-order valence-electron chi connectivity index (χ2n) is 4.51. The smallest absolute Gasteiger partial charge is 0.0957 e. The van der Waals surface area contributed by atoms with E-state index in [4.69, 9.17) is 0 Å². The molecule has 1 unspecified atom stereocenters. The number of hydrogen-bond donors (Lipinski definition) is 2. The third-order valence-corrected chi connectivity index (χ3v) is 3.14. The van der Waals surface area contributed by atoms with Gasteiger partial charge in [0.05, 0.1) is 5.82 Å². The van der Waals surface area contributed by atoms with Gasteiger partial charge < -0.3 is 15.5 Å². The maximum atomic E-state index is 3.88. The standard InChI is InChI=1S/C15H21N3.C2H6/c1-3-16-13(2)17-14-7-9-15(10-8-14)18-11-5-4-6-12-18;1-2/h3-5,7,9-10,14,16-17H,1-2,6,8,11-12H2;1-2H3. The first kappa shape index (κ1) is 16.2. The maximum Gasteiger partial charge on any atom is 0.0957 e. The first-order chi connectivity index (χ1) is 9.79. The van der Waals surface area contributed by atoms with Crippen molar-refractivity contribution in [3.05, 3.63) is 61.3 Å². The van der Waals surface area contributed by atoms with E-state index in [0.29, 0.717) is 6.04 Å². The van der Waals surface area contributed by atoms with Crippen LogP contribution in [0.4, 0.5) is 0 Å². The summed E-state index contributed by atoms with van der Waals surface area (Å²) >= 11 is 0. The average molecular weight is 273 g/mol. The maximum absolute atomic E-state index is 3.88. The number of nitrogens with zero attached hydrogens (tertiary/aromatic N) is 1. The zero-order valence-electron chi connectivity index (χ0n) is 12.7. The molecule has 110 valence electrons. The van der Waals surface area contributed by atoms with Gasteiger partial charge >= 0.3 is 0 Å². The summed E-state index contributed by atoms with van der Waals surface area (Å²) in [5, 5.41) is 6.25. The molecular formula is C17H27N3. The molecule has 2 aliphatic rings. The summed E-state index contributed by atoms with van der Waals surface area (Å²) in [6.07, 6.45) is 14.9. The molecule has 1 heterocycles. The van der Waals surface area contributed by atoms with Crippen molar-refractivity contribution in [2.45, 2.75) is 32.7 Å². The van der Waals surface area contributed by atoms with Crippen molar-refractivity contribution in [3.8, 4) is 0 Å². The van der Waals surface area contributed by atoms with Gasteiger partial charge in [0.2, 0.25) is 0 Å². The topological polar surface area (TPSA) is 27.3 Å². The lowest BCUT2D eigenvalue weighted by Gasteiger charge is -2.29. The van der Waals surface area contributed by atoms with Crippen LogP contribution >= 0.6 is 0 Å². The van der Waals surface area contributed by atoms with Crippen LogP contribution in [0.15, 0.2) is 61.3 Å². The number of rotatable bonds is 5. The molecule has 3 heteroatoms. The Balaban J connectivity index is 0.000000956. The van der Waals surface area contributed by atoms with Gasteiger partial charge in [-0.05, 0) is 25.1 Å². The van der Waals surface area contributed by atoms with Crippen molar-refractivity contribution in [3.63, 3.8) is 0 Å². The van der Waals surface area contributed by atoms with Crippen LogP contribution in [0.25, 0.3) is 0 Å². The van der Waals surface area contributed by atoms with Crippen LogP contribution in [0.2, 0.25) is 0 Å². The quantitative estimate of drug-likeness (QED) is 0.753. The summed E-state index contributed by atoms with van der Waals surface area (Å²) in [7, 11) is 0. The minimum atomic E-state index is 0.314. The molecule has 0 bridgehead atoms. The molecule has 3 nitrogen and oxygen atoms in total. The van der Waals surface area contributed by atoms with E-state index < -0.39 is 0 Å². The van der Waals surface area contributed by atoms with Crippen LogP contribution < -0.4 is 10.6 Å². The summed E-state index contributed by atoms with van der Waals surface area (Å²) in [5.41, 5.74) is 1.33. The van der Waals surface area contributed by atoms with E-state index in [9.17, 15) is 0 Å². The second kappa shape index (κ2) is 9.08. The highest BCUT2D eigenvalue weighted by molar-refractivity contribution is 5.26. The van der Waals surface area contributed by atoms with Crippen LogP contribution in [-0.2, 0) is 0 Å². The van der Waals surface area contributed by atoms with Gasteiger partial charge in [0.15, 0.2) is 0 Å². The first-order valence-corrected chi connectivity index (χ1v) is 7.41. The van der Waals surface area contributed by atoms with E-state index in [2.05, 4.69) is 59.1 Å². The van der Waals surface area contributed by atoms with E-state index in [-0.39, 0.29) is 0 Å². The first-order valence-electron chi connectivity index (χ1n) is 7.41. The van der Waals surface area contributed by atoms with Gasteiger partial charge in [-0.3, -0.25) is 0 Å². The molecule has 2 N–H and O–H groups in total. The van der Waals surface area contributed by atoms with Crippen molar-refractivity contribution in [2.24, 2.45) is 0 Å². The fourth-order valence-corrected chi connectivity index (χ4v) is 2.22. The largest absolute Gasteiger partial charge is 0.368 e. The molecular weight excluding hydrogens is 246 g/mol. The SMILES string of the molecule is C=CNC(=C)NC1C=CC(N2CC=CCC2)=CC1.CC. The Morgan fingerprint density at radius 2 is 2.20 bits per heavy atom. The predicted molar refractivity (Wildman–Crippen MR) is 87.9 cm³/mol. The molecule has 0 spiro atoms. The zero-order chi connectivity index (χ0) is 14.8. The van der Waals surface area contributed by atoms with E-state index >= 15 is 0 Å². The highest BCUT2D eigenvalue weighted by Crippen LogP contribution is 2.17. The van der Waals surface area contributed by atoms with Gasteiger partial charge in [-0.1, -0.05) is 51.3 Å². The lowest BCUT2D eigenvalue weighted by Crippen LogP contribution is -2.33. The Morgan fingerprint density at radius 1 is 1.40 bits per heavy atom. The number of nitrogens with one attached hydrogen (secondary N) is 2. The predicted octanol–water partition coefficient (Wildman–Crippen LogP) is 3.28. The molecule has 20 heavy (non-hydrogen) atoms. The Hall–Kier alpha value is -1.90. The van der Waals surface area contributed by atoms with Crippen molar-refractivity contribution in [1.82, 2.24) is 15.5 Å². The lowest BCUT2D eigenvalue weighted by molar-refractivity contribution is 0.381. The second-order valence-corrected chi connectivity index (χ2v) is 4.51. The lowest BCUT2D eigenvalue weighted by atomic mass is 10.1. The van der Waals surface area contributed by atoms with Crippen molar-refractivity contribution < 1.29 is 0 Å². The Kier molecular flexibility index (Phi) is 7.33. The number of hydrogen-bond acceptors (Lipinski definition) is 3. The van der Waals surface area contributed by atoms with Crippen LogP contribution in [0.1, 0.15) is 26.7 Å². The molecule has 1 aliphatic heterocycles.